The van der Waals surface area contributed by atoms with Gasteiger partial charge < -0.3 is 18.9 Å². The zero-order valence-corrected chi connectivity index (χ0v) is 11.0. The van der Waals surface area contributed by atoms with E-state index in [2.05, 4.69) is 20.1 Å². The van der Waals surface area contributed by atoms with Crippen molar-refractivity contribution in [2.75, 3.05) is 31.6 Å². The predicted octanol–water partition coefficient (Wildman–Crippen LogP) is 1.91. The summed E-state index contributed by atoms with van der Waals surface area (Å²) in [5.41, 5.74) is 1.51. The molecule has 8 heteroatoms. The van der Waals surface area contributed by atoms with Gasteiger partial charge >= 0.3 is 12.2 Å². The molecule has 1 aromatic rings. The predicted molar refractivity (Wildman–Crippen MR) is 68.8 cm³/mol. The summed E-state index contributed by atoms with van der Waals surface area (Å²) in [4.78, 5) is 22.6. The normalized spacial score (nSPS) is 12.7. The van der Waals surface area contributed by atoms with Crippen LogP contribution in [0.25, 0.3) is 0 Å². The van der Waals surface area contributed by atoms with Gasteiger partial charge in [0.15, 0.2) is 12.5 Å². The van der Waals surface area contributed by atoms with Gasteiger partial charge in [-0.15, -0.1) is 0 Å². The van der Waals surface area contributed by atoms with E-state index in [1.807, 2.05) is 0 Å². The van der Waals surface area contributed by atoms with Gasteiger partial charge in [-0.2, -0.15) is 0 Å². The molecule has 0 saturated carbocycles. The van der Waals surface area contributed by atoms with E-state index in [-0.39, 0.29) is 6.79 Å². The van der Waals surface area contributed by atoms with Gasteiger partial charge in [-0.05, 0) is 12.1 Å². The molecule has 1 aromatic carbocycles. The summed E-state index contributed by atoms with van der Waals surface area (Å²) in [5, 5.41) is 5.03. The summed E-state index contributed by atoms with van der Waals surface area (Å²) in [5.74, 6) is 0.483. The molecule has 0 fully saturated rings. The second-order valence-electron chi connectivity index (χ2n) is 3.86. The molecule has 0 atom stereocenters. The Bertz CT molecular complexity index is 531. The highest BCUT2D eigenvalue weighted by molar-refractivity contribution is 5.91. The number of benzene rings is 1. The van der Waals surface area contributed by atoms with Crippen molar-refractivity contribution >= 4 is 23.6 Å². The monoisotopic (exact) mass is 282 g/mol. The van der Waals surface area contributed by atoms with Crippen LogP contribution in [0.2, 0.25) is 0 Å². The third-order valence-electron chi connectivity index (χ3n) is 2.56. The summed E-state index contributed by atoms with van der Waals surface area (Å²) < 4.78 is 19.6. The minimum absolute atomic E-state index is 0.0899. The van der Waals surface area contributed by atoms with Crippen LogP contribution in [0.4, 0.5) is 21.0 Å². The highest BCUT2D eigenvalue weighted by Crippen LogP contribution is 2.35. The second-order valence-corrected chi connectivity index (χ2v) is 3.86. The Kier molecular flexibility index (Phi) is 4.26. The molecule has 108 valence electrons. The van der Waals surface area contributed by atoms with Gasteiger partial charge in [0.2, 0.25) is 0 Å². The lowest BCUT2D eigenvalue weighted by molar-refractivity contribution is -0.0158. The van der Waals surface area contributed by atoms with Gasteiger partial charge in [-0.25, -0.2) is 9.59 Å². The van der Waals surface area contributed by atoms with Crippen LogP contribution < -0.4 is 15.4 Å². The van der Waals surface area contributed by atoms with E-state index in [1.165, 1.54) is 20.3 Å². The van der Waals surface area contributed by atoms with Crippen molar-refractivity contribution in [3.63, 3.8) is 0 Å². The molecule has 0 radical (unpaired) electrons. The van der Waals surface area contributed by atoms with E-state index in [1.54, 1.807) is 6.07 Å². The number of nitrogens with one attached hydrogen (secondary N) is 2. The van der Waals surface area contributed by atoms with Crippen molar-refractivity contribution in [1.29, 1.82) is 0 Å². The van der Waals surface area contributed by atoms with Crippen LogP contribution in [0.15, 0.2) is 12.1 Å². The Hall–Kier alpha value is -2.48. The van der Waals surface area contributed by atoms with Crippen LogP contribution in [0.1, 0.15) is 5.56 Å². The van der Waals surface area contributed by atoms with Crippen molar-refractivity contribution in [1.82, 2.24) is 0 Å². The Labute approximate surface area is 114 Å². The highest BCUT2D eigenvalue weighted by atomic mass is 16.7. The molecule has 2 rings (SSSR count). The smallest absolute Gasteiger partial charge is 0.411 e. The summed E-state index contributed by atoms with van der Waals surface area (Å²) in [6, 6.07) is 3.21. The van der Waals surface area contributed by atoms with Crippen molar-refractivity contribution < 1.29 is 28.5 Å². The summed E-state index contributed by atoms with van der Waals surface area (Å²) >= 11 is 0. The molecule has 0 saturated heterocycles. The molecule has 8 nitrogen and oxygen atoms in total. The summed E-state index contributed by atoms with van der Waals surface area (Å²) in [7, 11) is 2.51. The third-order valence-corrected chi connectivity index (χ3v) is 2.56. The number of ether oxygens (including phenoxy) is 4. The second kappa shape index (κ2) is 6.11. The number of rotatable bonds is 2. The molecule has 0 spiro atoms. The number of hydrogen-bond acceptors (Lipinski definition) is 6. The molecule has 0 unspecified atom stereocenters. The highest BCUT2D eigenvalue weighted by Gasteiger charge is 2.19. The van der Waals surface area contributed by atoms with Gasteiger partial charge in [0.25, 0.3) is 0 Å². The number of methoxy groups -OCH3 is 2. The topological polar surface area (TPSA) is 95.1 Å². The molecule has 0 aliphatic carbocycles. The summed E-state index contributed by atoms with van der Waals surface area (Å²) in [6.45, 7) is 0.397. The Morgan fingerprint density at radius 1 is 1.15 bits per heavy atom. The molecule has 1 aliphatic rings. The lowest BCUT2D eigenvalue weighted by Gasteiger charge is -2.21. The molecule has 1 aliphatic heterocycles. The number of carbonyl (C=O) groups is 2. The first-order valence-electron chi connectivity index (χ1n) is 5.71. The van der Waals surface area contributed by atoms with Gasteiger partial charge in [-0.3, -0.25) is 10.6 Å². The first-order valence-corrected chi connectivity index (χ1v) is 5.71. The number of fused-ring (bicyclic) bond motifs is 1. The quantitative estimate of drug-likeness (QED) is 0.860. The molecular formula is C12H14N2O6. The largest absolute Gasteiger partial charge is 0.465 e. The Morgan fingerprint density at radius 2 is 1.85 bits per heavy atom. The van der Waals surface area contributed by atoms with E-state index in [4.69, 9.17) is 9.47 Å². The van der Waals surface area contributed by atoms with E-state index in [0.29, 0.717) is 29.3 Å². The van der Waals surface area contributed by atoms with Crippen LogP contribution in [0.3, 0.4) is 0 Å². The van der Waals surface area contributed by atoms with Crippen LogP contribution in [-0.2, 0) is 20.8 Å². The zero-order chi connectivity index (χ0) is 14.5. The third kappa shape index (κ3) is 3.09. The van der Waals surface area contributed by atoms with E-state index >= 15 is 0 Å². The van der Waals surface area contributed by atoms with Crippen LogP contribution in [0.5, 0.6) is 5.75 Å². The Balaban J connectivity index is 2.33. The lowest BCUT2D eigenvalue weighted by atomic mass is 10.1. The Morgan fingerprint density at radius 3 is 2.55 bits per heavy atom. The van der Waals surface area contributed by atoms with Crippen molar-refractivity contribution in [3.05, 3.63) is 17.7 Å². The van der Waals surface area contributed by atoms with Crippen LogP contribution in [0, 0.1) is 0 Å². The van der Waals surface area contributed by atoms with Crippen LogP contribution in [-0.4, -0.2) is 33.2 Å². The van der Waals surface area contributed by atoms with Gasteiger partial charge in [-0.1, -0.05) is 0 Å². The number of anilines is 2. The molecule has 0 bridgehead atoms. The maximum absolute atomic E-state index is 11.3. The van der Waals surface area contributed by atoms with Crippen molar-refractivity contribution in [3.8, 4) is 5.75 Å². The number of amides is 2. The number of carbonyl (C=O) groups excluding carboxylic acids is 2. The van der Waals surface area contributed by atoms with Gasteiger partial charge in [0.05, 0.1) is 26.5 Å². The van der Waals surface area contributed by atoms with Gasteiger partial charge in [0.1, 0.15) is 0 Å². The van der Waals surface area contributed by atoms with Crippen molar-refractivity contribution in [2.45, 2.75) is 6.61 Å². The fourth-order valence-electron chi connectivity index (χ4n) is 1.71. The molecule has 0 aromatic heterocycles. The average Bonchev–Trinajstić information content (AvgIpc) is 2.47. The average molecular weight is 282 g/mol. The zero-order valence-electron chi connectivity index (χ0n) is 11.0. The minimum atomic E-state index is -0.641. The molecule has 1 heterocycles. The van der Waals surface area contributed by atoms with Crippen molar-refractivity contribution in [2.24, 2.45) is 0 Å². The number of hydrogen-bond donors (Lipinski definition) is 2. The molecule has 20 heavy (non-hydrogen) atoms. The maximum atomic E-state index is 11.3. The van der Waals surface area contributed by atoms with Crippen LogP contribution >= 0.6 is 0 Å². The maximum Gasteiger partial charge on any atom is 0.411 e. The van der Waals surface area contributed by atoms with E-state index in [9.17, 15) is 9.59 Å². The SMILES string of the molecule is COC(=O)Nc1cc2c(c(NC(=O)OC)c1)OCOC2. The minimum Gasteiger partial charge on any atom is -0.465 e. The van der Waals surface area contributed by atoms with E-state index in [0.717, 1.165) is 0 Å². The van der Waals surface area contributed by atoms with Gasteiger partial charge in [0, 0.05) is 11.3 Å². The lowest BCUT2D eigenvalue weighted by Crippen LogP contribution is -2.18. The first-order chi connectivity index (χ1) is 9.63. The van der Waals surface area contributed by atoms with E-state index < -0.39 is 12.2 Å². The fourth-order valence-corrected chi connectivity index (χ4v) is 1.71. The molecule has 2 N–H and O–H groups in total. The molecular weight excluding hydrogens is 268 g/mol. The standard InChI is InChI=1S/C12H14N2O6/c1-17-11(15)13-8-3-7-5-19-6-20-10(7)9(4-8)14-12(16)18-2/h3-4H,5-6H2,1-2H3,(H,13,15)(H,14,16). The molecule has 2 amide bonds. The fraction of sp³-hybridized carbons (Fsp3) is 0.333. The first kappa shape index (κ1) is 13.9. The summed E-state index contributed by atoms with van der Waals surface area (Å²) in [6.07, 6.45) is -1.26.